The van der Waals surface area contributed by atoms with E-state index >= 15 is 0 Å². The van der Waals surface area contributed by atoms with E-state index in [2.05, 4.69) is 178 Å². The molecule has 1 heteroatoms. The van der Waals surface area contributed by atoms with Gasteiger partial charge < -0.3 is 0 Å². The standard InChI is InChI=1S/2C20H21.2C7H7.C2H4.Ti/c2*1-14-12-16-6-5-7-18(19(16)13-14)15-8-10-17(11-9-15)20(2,3)4;2*1-7-5-3-2-4-6-7;1-2;/h2*5-13H,1-4H3;2*2-6H,1H2;1H,2H3;/q4*-1;;. The zero-order chi connectivity index (χ0) is 41.6. The fourth-order valence-electron chi connectivity index (χ4n) is 6.53. The topological polar surface area (TPSA) is 0 Å². The van der Waals surface area contributed by atoms with Crippen molar-refractivity contribution in [3.8, 4) is 22.3 Å². The van der Waals surface area contributed by atoms with Crippen molar-refractivity contribution in [1.82, 2.24) is 0 Å². The molecular weight excluding hydrogens is 720 g/mol. The Bertz CT molecular complexity index is 2220. The van der Waals surface area contributed by atoms with Crippen LogP contribution in [0.4, 0.5) is 0 Å². The van der Waals surface area contributed by atoms with E-state index in [0.717, 1.165) is 11.1 Å². The second-order valence-electron chi connectivity index (χ2n) is 16.6. The van der Waals surface area contributed by atoms with Crippen LogP contribution in [0.5, 0.6) is 0 Å². The summed E-state index contributed by atoms with van der Waals surface area (Å²) in [5.41, 5.74) is 13.3. The number of hydrogen-bond acceptors (Lipinski definition) is 0. The van der Waals surface area contributed by atoms with Gasteiger partial charge in [-0.25, -0.2) is 0 Å². The first-order chi connectivity index (χ1) is 27.1. The monoisotopic (exact) mass is 780 g/mol. The van der Waals surface area contributed by atoms with E-state index in [-0.39, 0.29) is 10.8 Å². The van der Waals surface area contributed by atoms with Crippen molar-refractivity contribution in [3.63, 3.8) is 0 Å². The molecule has 0 amide bonds. The van der Waals surface area contributed by atoms with Crippen LogP contribution in [0.1, 0.15) is 81.8 Å². The Kier molecular flexibility index (Phi) is 16.3. The summed E-state index contributed by atoms with van der Waals surface area (Å²) in [6.07, 6.45) is 0. The van der Waals surface area contributed by atoms with Gasteiger partial charge in [-0.15, -0.1) is 93.3 Å². The van der Waals surface area contributed by atoms with Gasteiger partial charge in [0.25, 0.3) is 0 Å². The molecule has 0 unspecified atom stereocenters. The first kappa shape index (κ1) is 44.6. The summed E-state index contributed by atoms with van der Waals surface area (Å²) in [4.78, 5) is 0. The van der Waals surface area contributed by atoms with Crippen LogP contribution < -0.4 is 0 Å². The van der Waals surface area contributed by atoms with Crippen molar-refractivity contribution in [2.24, 2.45) is 0 Å². The predicted octanol–water partition coefficient (Wildman–Crippen LogP) is 15.8. The third-order valence-corrected chi connectivity index (χ3v) is 9.60. The van der Waals surface area contributed by atoms with Crippen LogP contribution in [0.3, 0.4) is 0 Å². The molecule has 0 aliphatic carbocycles. The zero-order valence-corrected chi connectivity index (χ0v) is 37.2. The number of rotatable bonds is 2. The minimum atomic E-state index is 0.210. The normalized spacial score (nSPS) is 10.7. The first-order valence-electron chi connectivity index (χ1n) is 19.8. The fourth-order valence-corrected chi connectivity index (χ4v) is 6.53. The molecule has 292 valence electrons. The molecule has 8 rings (SSSR count). The van der Waals surface area contributed by atoms with Crippen LogP contribution in [-0.2, 0) is 30.8 Å². The molecule has 0 saturated carbocycles. The van der Waals surface area contributed by atoms with Crippen LogP contribution in [0, 0.1) is 27.7 Å². The molecule has 0 spiro atoms. The Balaban J connectivity index is 0.000000181. The average molecular weight is 781 g/mol. The first-order valence-corrected chi connectivity index (χ1v) is 20.7. The average Bonchev–Trinajstić information content (AvgIpc) is 3.77. The van der Waals surface area contributed by atoms with E-state index in [1.54, 1.807) is 0 Å². The number of aryl methyl sites for hydroxylation is 2. The largest absolute Gasteiger partial charge is 0.199 e. The number of hydrogen-bond donors (Lipinski definition) is 0. The van der Waals surface area contributed by atoms with E-state index in [0.29, 0.717) is 0 Å². The predicted molar refractivity (Wildman–Crippen MR) is 250 cm³/mol. The van der Waals surface area contributed by atoms with Crippen LogP contribution in [0.15, 0.2) is 170 Å². The van der Waals surface area contributed by atoms with Gasteiger partial charge in [0.1, 0.15) is 0 Å². The molecule has 0 fully saturated rings. The maximum atomic E-state index is 3.72. The van der Waals surface area contributed by atoms with E-state index in [1.807, 2.05) is 91.9 Å². The van der Waals surface area contributed by atoms with Crippen molar-refractivity contribution in [2.75, 3.05) is 0 Å². The second kappa shape index (κ2) is 20.9. The Morgan fingerprint density at radius 1 is 0.456 bits per heavy atom. The minimum Gasteiger partial charge on any atom is -0.199 e. The molecule has 0 atom stereocenters. The maximum Gasteiger partial charge on any atom is -0.0132 e. The van der Waals surface area contributed by atoms with Crippen LogP contribution in [-0.4, -0.2) is 4.31 Å². The molecule has 8 aromatic rings. The van der Waals surface area contributed by atoms with Crippen LogP contribution in [0.2, 0.25) is 0 Å². The molecule has 0 aliphatic rings. The molecule has 0 bridgehead atoms. The Labute approximate surface area is 356 Å². The molecule has 0 N–H and O–H groups in total. The van der Waals surface area contributed by atoms with Gasteiger partial charge in [-0.2, -0.15) is 61.4 Å². The van der Waals surface area contributed by atoms with E-state index in [1.165, 1.54) is 66.1 Å². The maximum absolute atomic E-state index is 3.72. The number of benzene rings is 6. The molecule has 57 heavy (non-hydrogen) atoms. The second-order valence-corrected chi connectivity index (χ2v) is 17.5. The van der Waals surface area contributed by atoms with Gasteiger partial charge in [0.05, 0.1) is 0 Å². The third kappa shape index (κ3) is 13.5. The van der Waals surface area contributed by atoms with Crippen molar-refractivity contribution >= 4 is 25.9 Å². The van der Waals surface area contributed by atoms with Crippen molar-refractivity contribution in [2.45, 2.75) is 73.1 Å². The minimum absolute atomic E-state index is 0.210. The Hall–Kier alpha value is -5.14. The zero-order valence-electron chi connectivity index (χ0n) is 35.7. The van der Waals surface area contributed by atoms with Gasteiger partial charge in [-0.3, -0.25) is 0 Å². The van der Waals surface area contributed by atoms with Gasteiger partial charge >= 0.3 is 31.2 Å². The van der Waals surface area contributed by atoms with Crippen molar-refractivity contribution in [1.29, 1.82) is 0 Å². The molecule has 0 saturated heterocycles. The molecule has 0 aliphatic heterocycles. The summed E-state index contributed by atoms with van der Waals surface area (Å²) in [5, 5.41) is 5.38. The summed E-state index contributed by atoms with van der Waals surface area (Å²) in [6, 6.07) is 59.9. The molecule has 0 heterocycles. The fraction of sp³-hybridized carbons (Fsp3) is 0.196. The summed E-state index contributed by atoms with van der Waals surface area (Å²) in [6.45, 7) is 27.3. The Morgan fingerprint density at radius 2 is 0.772 bits per heavy atom. The van der Waals surface area contributed by atoms with Gasteiger partial charge in [-0.1, -0.05) is 139 Å². The summed E-state index contributed by atoms with van der Waals surface area (Å²) in [7, 11) is 0. The van der Waals surface area contributed by atoms with E-state index in [4.69, 9.17) is 0 Å². The SMILES string of the molecule is C[CH]=[Ti].Cc1cc2c(-c3ccc(C(C)(C)C)cc3)cccc2[cH-]1.Cc1cc2c(-c3ccc(C(C)(C)C)cc3)cccc2[cH-]1.[CH2-]c1ccccc1.[CH2-]c1ccccc1. The van der Waals surface area contributed by atoms with Crippen LogP contribution >= 0.6 is 0 Å². The summed E-state index contributed by atoms with van der Waals surface area (Å²) < 4.78 is 2.00. The van der Waals surface area contributed by atoms with E-state index in [9.17, 15) is 0 Å². The third-order valence-electron chi connectivity index (χ3n) is 9.60. The van der Waals surface area contributed by atoms with Crippen molar-refractivity contribution < 1.29 is 20.0 Å². The Morgan fingerprint density at radius 3 is 1.04 bits per heavy atom. The smallest absolute Gasteiger partial charge is 0.0132 e. The molecule has 8 aromatic carbocycles. The molecule has 0 radical (unpaired) electrons. The van der Waals surface area contributed by atoms with Crippen molar-refractivity contribution in [3.05, 3.63) is 217 Å². The van der Waals surface area contributed by atoms with Gasteiger partial charge in [-0.05, 0) is 33.1 Å². The van der Waals surface area contributed by atoms with Crippen LogP contribution in [0.25, 0.3) is 43.8 Å². The summed E-state index contributed by atoms with van der Waals surface area (Å²) >= 11 is 2.00. The molecular formula is C56H60Ti-4. The molecule has 0 nitrogen and oxygen atoms in total. The van der Waals surface area contributed by atoms with Gasteiger partial charge in [0.15, 0.2) is 0 Å². The number of fused-ring (bicyclic) bond motifs is 2. The summed E-state index contributed by atoms with van der Waals surface area (Å²) in [5.74, 6) is 0. The quantitative estimate of drug-likeness (QED) is 0.121. The molecule has 0 aromatic heterocycles. The van der Waals surface area contributed by atoms with Gasteiger partial charge in [0, 0.05) is 0 Å². The van der Waals surface area contributed by atoms with E-state index < -0.39 is 0 Å². The van der Waals surface area contributed by atoms with Gasteiger partial charge in [0.2, 0.25) is 0 Å².